The standard InChI is InChI=1S/C16H16ClNOS/c1-11(15-5-3-4-6-16(15)17)20-14-9-7-13(8-10-14)18-12(2)19/h3-11H,1-2H3,(H,18,19)/t11-/m0/s1. The van der Waals surface area contributed by atoms with Crippen LogP contribution in [0.15, 0.2) is 53.4 Å². The first-order valence-corrected chi connectivity index (χ1v) is 7.61. The van der Waals surface area contributed by atoms with Crippen molar-refractivity contribution in [3.8, 4) is 0 Å². The van der Waals surface area contributed by atoms with Crippen molar-refractivity contribution in [3.63, 3.8) is 0 Å². The Hall–Kier alpha value is -1.45. The molecule has 0 saturated carbocycles. The van der Waals surface area contributed by atoms with E-state index in [4.69, 9.17) is 11.6 Å². The molecule has 104 valence electrons. The van der Waals surface area contributed by atoms with Gasteiger partial charge in [-0.15, -0.1) is 11.8 Å². The molecule has 0 aromatic heterocycles. The quantitative estimate of drug-likeness (QED) is 0.791. The zero-order valence-electron chi connectivity index (χ0n) is 11.4. The molecule has 0 spiro atoms. The van der Waals surface area contributed by atoms with Crippen LogP contribution in [0.4, 0.5) is 5.69 Å². The molecule has 0 heterocycles. The van der Waals surface area contributed by atoms with Gasteiger partial charge in [-0.3, -0.25) is 4.79 Å². The summed E-state index contributed by atoms with van der Waals surface area (Å²) in [6.45, 7) is 3.63. The van der Waals surface area contributed by atoms with E-state index in [-0.39, 0.29) is 11.2 Å². The maximum atomic E-state index is 11.0. The minimum atomic E-state index is -0.0603. The van der Waals surface area contributed by atoms with Crippen LogP contribution in [0.2, 0.25) is 5.02 Å². The number of rotatable bonds is 4. The maximum Gasteiger partial charge on any atom is 0.221 e. The first kappa shape index (κ1) is 14.9. The number of nitrogens with one attached hydrogen (secondary N) is 1. The van der Waals surface area contributed by atoms with Crippen LogP contribution < -0.4 is 5.32 Å². The third kappa shape index (κ3) is 4.02. The second-order valence-electron chi connectivity index (χ2n) is 4.49. The fourth-order valence-corrected chi connectivity index (χ4v) is 3.29. The number of carbonyl (C=O) groups is 1. The molecule has 2 aromatic rings. The molecule has 2 nitrogen and oxygen atoms in total. The molecule has 0 unspecified atom stereocenters. The lowest BCUT2D eigenvalue weighted by molar-refractivity contribution is -0.114. The molecular formula is C16H16ClNOS. The number of anilines is 1. The van der Waals surface area contributed by atoms with Gasteiger partial charge in [0.25, 0.3) is 0 Å². The summed E-state index contributed by atoms with van der Waals surface area (Å²) >= 11 is 7.95. The second-order valence-corrected chi connectivity index (χ2v) is 6.31. The van der Waals surface area contributed by atoms with Crippen molar-refractivity contribution in [2.24, 2.45) is 0 Å². The zero-order valence-corrected chi connectivity index (χ0v) is 13.0. The molecular weight excluding hydrogens is 290 g/mol. The van der Waals surface area contributed by atoms with E-state index >= 15 is 0 Å². The predicted molar refractivity (Wildman–Crippen MR) is 86.5 cm³/mol. The molecule has 4 heteroatoms. The highest BCUT2D eigenvalue weighted by molar-refractivity contribution is 7.99. The summed E-state index contributed by atoms with van der Waals surface area (Å²) in [5, 5.41) is 3.82. The van der Waals surface area contributed by atoms with E-state index in [2.05, 4.69) is 12.2 Å². The summed E-state index contributed by atoms with van der Waals surface area (Å²) < 4.78 is 0. The molecule has 1 N–H and O–H groups in total. The van der Waals surface area contributed by atoms with Crippen molar-refractivity contribution in [1.82, 2.24) is 0 Å². The Morgan fingerprint density at radius 3 is 2.40 bits per heavy atom. The van der Waals surface area contributed by atoms with Crippen LogP contribution in [0.1, 0.15) is 24.7 Å². The summed E-state index contributed by atoms with van der Waals surface area (Å²) in [6.07, 6.45) is 0. The van der Waals surface area contributed by atoms with Gasteiger partial charge in [0.15, 0.2) is 0 Å². The van der Waals surface area contributed by atoms with Crippen LogP contribution in [-0.4, -0.2) is 5.91 Å². The van der Waals surface area contributed by atoms with Gasteiger partial charge in [0, 0.05) is 27.8 Å². The number of amides is 1. The molecule has 20 heavy (non-hydrogen) atoms. The number of benzene rings is 2. The van der Waals surface area contributed by atoms with Crippen LogP contribution in [0.5, 0.6) is 0 Å². The van der Waals surface area contributed by atoms with Gasteiger partial charge in [-0.1, -0.05) is 29.8 Å². The van der Waals surface area contributed by atoms with Crippen molar-refractivity contribution in [3.05, 3.63) is 59.1 Å². The van der Waals surface area contributed by atoms with Gasteiger partial charge >= 0.3 is 0 Å². The smallest absolute Gasteiger partial charge is 0.221 e. The number of halogens is 1. The lowest BCUT2D eigenvalue weighted by Gasteiger charge is -2.13. The Morgan fingerprint density at radius 1 is 1.15 bits per heavy atom. The lowest BCUT2D eigenvalue weighted by atomic mass is 10.2. The minimum absolute atomic E-state index is 0.0603. The number of hydrogen-bond acceptors (Lipinski definition) is 2. The molecule has 0 radical (unpaired) electrons. The van der Waals surface area contributed by atoms with E-state index in [1.165, 1.54) is 6.92 Å². The van der Waals surface area contributed by atoms with E-state index in [1.807, 2.05) is 48.5 Å². The van der Waals surface area contributed by atoms with E-state index in [1.54, 1.807) is 11.8 Å². The number of carbonyl (C=O) groups excluding carboxylic acids is 1. The van der Waals surface area contributed by atoms with E-state index in [0.717, 1.165) is 21.2 Å². The van der Waals surface area contributed by atoms with Gasteiger partial charge in [0.05, 0.1) is 0 Å². The first-order chi connectivity index (χ1) is 9.56. The molecule has 0 aliphatic heterocycles. The zero-order chi connectivity index (χ0) is 14.5. The average Bonchev–Trinajstić information content (AvgIpc) is 2.41. The van der Waals surface area contributed by atoms with Gasteiger partial charge in [-0.2, -0.15) is 0 Å². The minimum Gasteiger partial charge on any atom is -0.326 e. The van der Waals surface area contributed by atoms with E-state index < -0.39 is 0 Å². The molecule has 2 aromatic carbocycles. The molecule has 0 aliphatic carbocycles. The monoisotopic (exact) mass is 305 g/mol. The summed E-state index contributed by atoms with van der Waals surface area (Å²) in [7, 11) is 0. The Labute approximate surface area is 128 Å². The summed E-state index contributed by atoms with van der Waals surface area (Å²) in [6, 6.07) is 15.7. The summed E-state index contributed by atoms with van der Waals surface area (Å²) in [5.74, 6) is -0.0603. The summed E-state index contributed by atoms with van der Waals surface area (Å²) in [4.78, 5) is 12.1. The largest absolute Gasteiger partial charge is 0.326 e. The lowest BCUT2D eigenvalue weighted by Crippen LogP contribution is -2.05. The molecule has 0 fully saturated rings. The van der Waals surface area contributed by atoms with Crippen molar-refractivity contribution in [1.29, 1.82) is 0 Å². The second kappa shape index (κ2) is 6.82. The predicted octanol–water partition coefficient (Wildman–Crippen LogP) is 5.15. The van der Waals surface area contributed by atoms with Crippen LogP contribution in [0.25, 0.3) is 0 Å². The van der Waals surface area contributed by atoms with Crippen molar-refractivity contribution in [2.45, 2.75) is 24.0 Å². The Morgan fingerprint density at radius 2 is 1.80 bits per heavy atom. The third-order valence-electron chi connectivity index (χ3n) is 2.83. The van der Waals surface area contributed by atoms with Crippen molar-refractivity contribution in [2.75, 3.05) is 5.32 Å². The Bertz CT molecular complexity index is 598. The van der Waals surface area contributed by atoms with E-state index in [0.29, 0.717) is 0 Å². The van der Waals surface area contributed by atoms with Crippen molar-refractivity contribution < 1.29 is 4.79 Å². The fourth-order valence-electron chi connectivity index (χ4n) is 1.89. The highest BCUT2D eigenvalue weighted by Crippen LogP contribution is 2.37. The highest BCUT2D eigenvalue weighted by atomic mass is 35.5. The van der Waals surface area contributed by atoms with Crippen LogP contribution in [0.3, 0.4) is 0 Å². The first-order valence-electron chi connectivity index (χ1n) is 6.35. The maximum absolute atomic E-state index is 11.0. The molecule has 1 atom stereocenters. The van der Waals surface area contributed by atoms with Crippen molar-refractivity contribution >= 4 is 35.0 Å². The topological polar surface area (TPSA) is 29.1 Å². The molecule has 2 rings (SSSR count). The van der Waals surface area contributed by atoms with Crippen LogP contribution in [-0.2, 0) is 4.79 Å². The molecule has 0 bridgehead atoms. The van der Waals surface area contributed by atoms with Gasteiger partial charge in [0.1, 0.15) is 0 Å². The Kier molecular flexibility index (Phi) is 5.10. The molecule has 0 saturated heterocycles. The normalized spacial score (nSPS) is 11.9. The van der Waals surface area contributed by atoms with Gasteiger partial charge < -0.3 is 5.32 Å². The van der Waals surface area contributed by atoms with Crippen LogP contribution in [0, 0.1) is 0 Å². The highest BCUT2D eigenvalue weighted by Gasteiger charge is 2.10. The Balaban J connectivity index is 2.06. The van der Waals surface area contributed by atoms with Crippen LogP contribution >= 0.6 is 23.4 Å². The van der Waals surface area contributed by atoms with Gasteiger partial charge in [0.2, 0.25) is 5.91 Å². The fraction of sp³-hybridized carbons (Fsp3) is 0.188. The summed E-state index contributed by atoms with van der Waals surface area (Å²) in [5.41, 5.74) is 1.94. The molecule has 1 amide bonds. The van der Waals surface area contributed by atoms with E-state index in [9.17, 15) is 4.79 Å². The average molecular weight is 306 g/mol. The number of hydrogen-bond donors (Lipinski definition) is 1. The van der Waals surface area contributed by atoms with Gasteiger partial charge in [-0.25, -0.2) is 0 Å². The number of thioether (sulfide) groups is 1. The SMILES string of the molecule is CC(=O)Nc1ccc(S[C@@H](C)c2ccccc2Cl)cc1. The molecule has 0 aliphatic rings. The third-order valence-corrected chi connectivity index (χ3v) is 4.33. The van der Waals surface area contributed by atoms with Gasteiger partial charge in [-0.05, 0) is 42.8 Å².